The maximum absolute atomic E-state index is 6.26. The third-order valence-electron chi connectivity index (χ3n) is 4.91. The molecule has 9 heteroatoms. The summed E-state index contributed by atoms with van der Waals surface area (Å²) in [7, 11) is 6.24. The average Bonchev–Trinajstić information content (AvgIpc) is 2.82. The highest BCUT2D eigenvalue weighted by Gasteiger charge is 2.15. The molecular formula is C23H23N5O4. The molecule has 0 saturated heterocycles. The van der Waals surface area contributed by atoms with Crippen molar-refractivity contribution in [3.63, 3.8) is 0 Å². The largest absolute Gasteiger partial charge is 0.493 e. The first-order valence-electron chi connectivity index (χ1n) is 9.71. The van der Waals surface area contributed by atoms with Crippen molar-refractivity contribution < 1.29 is 18.9 Å². The minimum atomic E-state index is 0.278. The van der Waals surface area contributed by atoms with Crippen LogP contribution in [0.2, 0.25) is 0 Å². The highest BCUT2D eigenvalue weighted by Crippen LogP contribution is 2.40. The van der Waals surface area contributed by atoms with Crippen LogP contribution in [0.1, 0.15) is 0 Å². The van der Waals surface area contributed by atoms with Crippen LogP contribution in [-0.2, 0) is 0 Å². The molecular weight excluding hydrogens is 410 g/mol. The molecule has 2 aromatic heterocycles. The van der Waals surface area contributed by atoms with E-state index in [-0.39, 0.29) is 5.82 Å². The lowest BCUT2D eigenvalue weighted by Crippen LogP contribution is -2.04. The van der Waals surface area contributed by atoms with E-state index in [0.717, 1.165) is 10.8 Å². The molecule has 0 unspecified atom stereocenters. The Morgan fingerprint density at radius 2 is 1.56 bits per heavy atom. The number of nitrogens with one attached hydrogen (secondary N) is 1. The lowest BCUT2D eigenvalue weighted by atomic mass is 10.1. The number of benzene rings is 2. The molecule has 4 aromatic rings. The van der Waals surface area contributed by atoms with E-state index in [0.29, 0.717) is 46.0 Å². The summed E-state index contributed by atoms with van der Waals surface area (Å²) in [5, 5.41) is 5.01. The van der Waals surface area contributed by atoms with Crippen LogP contribution in [0.3, 0.4) is 0 Å². The molecule has 0 fully saturated rings. The van der Waals surface area contributed by atoms with Crippen molar-refractivity contribution >= 4 is 28.2 Å². The van der Waals surface area contributed by atoms with Crippen LogP contribution in [0.15, 0.2) is 48.7 Å². The fourth-order valence-electron chi connectivity index (χ4n) is 3.40. The van der Waals surface area contributed by atoms with Crippen LogP contribution in [0.25, 0.3) is 22.0 Å². The Morgan fingerprint density at radius 3 is 2.19 bits per heavy atom. The standard InChI is InChI=1S/C23H23N5O4/c1-29-18-10-14(11-19(30-2)20(18)31-3)26-23-25-12-16(21(24)28-23)17-9-13-7-5-6-8-15(13)22(27-17)32-4/h5-12H,1-4H3,(H3,24,25,26,28). The van der Waals surface area contributed by atoms with Gasteiger partial charge in [0.25, 0.3) is 0 Å². The summed E-state index contributed by atoms with van der Waals surface area (Å²) in [6.07, 6.45) is 1.62. The molecule has 164 valence electrons. The van der Waals surface area contributed by atoms with Crippen molar-refractivity contribution in [2.75, 3.05) is 39.5 Å². The molecule has 0 saturated carbocycles. The quantitative estimate of drug-likeness (QED) is 0.445. The van der Waals surface area contributed by atoms with Gasteiger partial charge in [0.15, 0.2) is 11.5 Å². The smallest absolute Gasteiger partial charge is 0.229 e. The van der Waals surface area contributed by atoms with E-state index in [1.807, 2.05) is 30.3 Å². The lowest BCUT2D eigenvalue weighted by molar-refractivity contribution is 0.324. The van der Waals surface area contributed by atoms with Gasteiger partial charge in [-0.2, -0.15) is 4.98 Å². The maximum Gasteiger partial charge on any atom is 0.229 e. The molecule has 0 radical (unpaired) electrons. The molecule has 9 nitrogen and oxygen atoms in total. The van der Waals surface area contributed by atoms with Crippen LogP contribution in [0.5, 0.6) is 23.1 Å². The van der Waals surface area contributed by atoms with Crippen LogP contribution in [0, 0.1) is 0 Å². The molecule has 0 bridgehead atoms. The second kappa shape index (κ2) is 8.84. The van der Waals surface area contributed by atoms with E-state index in [1.54, 1.807) is 46.8 Å². The highest BCUT2D eigenvalue weighted by molar-refractivity contribution is 5.91. The SMILES string of the molecule is COc1cc(Nc2ncc(-c3cc4ccccc4c(OC)n3)c(N)n2)cc(OC)c1OC. The number of methoxy groups -OCH3 is 4. The van der Waals surface area contributed by atoms with Gasteiger partial charge in [0.1, 0.15) is 5.82 Å². The number of fused-ring (bicyclic) bond motifs is 1. The van der Waals surface area contributed by atoms with Crippen molar-refractivity contribution in [1.29, 1.82) is 0 Å². The van der Waals surface area contributed by atoms with E-state index < -0.39 is 0 Å². The first-order chi connectivity index (χ1) is 15.6. The summed E-state index contributed by atoms with van der Waals surface area (Å²) in [5.74, 6) is 2.61. The van der Waals surface area contributed by atoms with Crippen LogP contribution >= 0.6 is 0 Å². The maximum atomic E-state index is 6.26. The van der Waals surface area contributed by atoms with E-state index in [9.17, 15) is 0 Å². The Labute approximate surface area is 185 Å². The number of rotatable bonds is 7. The van der Waals surface area contributed by atoms with Gasteiger partial charge in [-0.05, 0) is 17.5 Å². The lowest BCUT2D eigenvalue weighted by Gasteiger charge is -2.15. The highest BCUT2D eigenvalue weighted by atomic mass is 16.5. The monoisotopic (exact) mass is 433 g/mol. The van der Waals surface area contributed by atoms with Gasteiger partial charge < -0.3 is 30.0 Å². The topological polar surface area (TPSA) is 114 Å². The molecule has 2 aromatic carbocycles. The Bertz CT molecular complexity index is 1250. The number of hydrogen-bond donors (Lipinski definition) is 2. The van der Waals surface area contributed by atoms with Crippen molar-refractivity contribution in [1.82, 2.24) is 15.0 Å². The van der Waals surface area contributed by atoms with Gasteiger partial charge in [-0.3, -0.25) is 0 Å². The van der Waals surface area contributed by atoms with E-state index >= 15 is 0 Å². The second-order valence-electron chi connectivity index (χ2n) is 6.77. The number of aromatic nitrogens is 3. The minimum Gasteiger partial charge on any atom is -0.493 e. The second-order valence-corrected chi connectivity index (χ2v) is 6.77. The number of ether oxygens (including phenoxy) is 4. The third kappa shape index (κ3) is 3.87. The van der Waals surface area contributed by atoms with Gasteiger partial charge in [-0.1, -0.05) is 18.2 Å². The summed E-state index contributed by atoms with van der Waals surface area (Å²) >= 11 is 0. The van der Waals surface area contributed by atoms with Gasteiger partial charge in [0.2, 0.25) is 17.6 Å². The summed E-state index contributed by atoms with van der Waals surface area (Å²) in [6, 6.07) is 13.3. The molecule has 0 aliphatic rings. The fraction of sp³-hybridized carbons (Fsp3) is 0.174. The van der Waals surface area contributed by atoms with Crippen LogP contribution in [-0.4, -0.2) is 43.4 Å². The van der Waals surface area contributed by atoms with E-state index in [4.69, 9.17) is 24.7 Å². The van der Waals surface area contributed by atoms with Crippen molar-refractivity contribution in [2.45, 2.75) is 0 Å². The number of pyridine rings is 1. The van der Waals surface area contributed by atoms with Gasteiger partial charge >= 0.3 is 0 Å². The molecule has 0 aliphatic carbocycles. The summed E-state index contributed by atoms with van der Waals surface area (Å²) < 4.78 is 21.6. The zero-order chi connectivity index (χ0) is 22.7. The average molecular weight is 433 g/mol. The Hall–Kier alpha value is -4.27. The van der Waals surface area contributed by atoms with Gasteiger partial charge in [0.05, 0.1) is 39.7 Å². The van der Waals surface area contributed by atoms with E-state index in [2.05, 4.69) is 20.3 Å². The summed E-state index contributed by atoms with van der Waals surface area (Å²) in [6.45, 7) is 0. The first kappa shape index (κ1) is 21.0. The van der Waals surface area contributed by atoms with Crippen LogP contribution in [0.4, 0.5) is 17.5 Å². The molecule has 0 atom stereocenters. The molecule has 3 N–H and O–H groups in total. The zero-order valence-electron chi connectivity index (χ0n) is 18.2. The predicted octanol–water partition coefficient (Wildman–Crippen LogP) is 4.05. The zero-order valence-corrected chi connectivity index (χ0v) is 18.2. The fourth-order valence-corrected chi connectivity index (χ4v) is 3.40. The summed E-state index contributed by atoms with van der Waals surface area (Å²) in [4.78, 5) is 13.4. The van der Waals surface area contributed by atoms with Gasteiger partial charge in [0, 0.05) is 29.4 Å². The number of nitrogen functional groups attached to an aromatic ring is 1. The number of anilines is 3. The number of nitrogens with two attached hydrogens (primary N) is 1. The predicted molar refractivity (Wildman–Crippen MR) is 123 cm³/mol. The van der Waals surface area contributed by atoms with Gasteiger partial charge in [-0.25, -0.2) is 9.97 Å². The molecule has 2 heterocycles. The van der Waals surface area contributed by atoms with E-state index in [1.165, 1.54) is 0 Å². The van der Waals surface area contributed by atoms with Gasteiger partial charge in [-0.15, -0.1) is 0 Å². The van der Waals surface area contributed by atoms with Crippen molar-refractivity contribution in [2.24, 2.45) is 0 Å². The van der Waals surface area contributed by atoms with Crippen LogP contribution < -0.4 is 30.0 Å². The van der Waals surface area contributed by atoms with Crippen molar-refractivity contribution in [3.05, 3.63) is 48.7 Å². The Morgan fingerprint density at radius 1 is 0.844 bits per heavy atom. The number of hydrogen-bond acceptors (Lipinski definition) is 9. The Kier molecular flexibility index (Phi) is 5.80. The first-order valence-corrected chi connectivity index (χ1v) is 9.71. The molecule has 0 aliphatic heterocycles. The normalized spacial score (nSPS) is 10.6. The molecule has 32 heavy (non-hydrogen) atoms. The summed E-state index contributed by atoms with van der Waals surface area (Å²) in [5.41, 5.74) is 8.13. The molecule has 0 spiro atoms. The third-order valence-corrected chi connectivity index (χ3v) is 4.91. The van der Waals surface area contributed by atoms with Crippen molar-refractivity contribution in [3.8, 4) is 34.4 Å². The Balaban J connectivity index is 1.69. The molecule has 4 rings (SSSR count). The minimum absolute atomic E-state index is 0.278. The number of nitrogens with zero attached hydrogens (tertiary/aromatic N) is 3. The molecule has 0 amide bonds.